The van der Waals surface area contributed by atoms with Gasteiger partial charge in [0.05, 0.1) is 12.0 Å². The van der Waals surface area contributed by atoms with Crippen LogP contribution in [0.5, 0.6) is 0 Å². The van der Waals surface area contributed by atoms with E-state index in [1.807, 2.05) is 58.0 Å². The van der Waals surface area contributed by atoms with Crippen LogP contribution in [-0.4, -0.2) is 76.2 Å². The fourth-order valence-corrected chi connectivity index (χ4v) is 7.47. The molecular weight excluding hydrogens is 657 g/mol. The molecule has 276 valence electrons. The van der Waals surface area contributed by atoms with Gasteiger partial charge in [-0.25, -0.2) is 4.98 Å². The highest BCUT2D eigenvalue weighted by Crippen LogP contribution is 2.32. The molecule has 0 bridgehead atoms. The maximum Gasteiger partial charge on any atom is 0.306 e. The second-order valence-corrected chi connectivity index (χ2v) is 15.1. The smallest absolute Gasteiger partial charge is 0.306 e. The molecule has 3 N–H and O–H groups in total. The molecule has 0 saturated carbocycles. The molecule has 1 aliphatic heterocycles. The van der Waals surface area contributed by atoms with Gasteiger partial charge < -0.3 is 25.4 Å². The number of piperidine rings is 1. The third-order valence-electron chi connectivity index (χ3n) is 9.81. The second kappa shape index (κ2) is 19.7. The Morgan fingerprint density at radius 3 is 2.36 bits per heavy atom. The number of ether oxygens (including phenoxy) is 1. The van der Waals surface area contributed by atoms with Gasteiger partial charge in [-0.2, -0.15) is 0 Å². The topological polar surface area (TPSA) is 155 Å². The predicted molar refractivity (Wildman–Crippen MR) is 194 cm³/mol. The number of carboxylic acids is 1. The number of carbonyl (C=O) groups excluding carboxylic acids is 4. The molecule has 0 aliphatic carbocycles. The average molecular weight is 713 g/mol. The lowest BCUT2D eigenvalue weighted by Crippen LogP contribution is -2.57. The number of esters is 1. The Morgan fingerprint density at radius 2 is 1.78 bits per heavy atom. The summed E-state index contributed by atoms with van der Waals surface area (Å²) in [7, 11) is 1.72. The van der Waals surface area contributed by atoms with Crippen molar-refractivity contribution in [2.24, 2.45) is 23.7 Å². The molecule has 0 unspecified atom stereocenters. The number of likely N-dealkylation sites (N-methyl/N-ethyl adjacent to an activating group) is 1. The van der Waals surface area contributed by atoms with E-state index in [0.29, 0.717) is 24.3 Å². The number of aliphatic carboxylic acids is 1. The number of carboxylic acid groups (broad SMARTS) is 1. The largest absolute Gasteiger partial charge is 0.481 e. The van der Waals surface area contributed by atoms with Crippen molar-refractivity contribution < 1.29 is 33.8 Å². The van der Waals surface area contributed by atoms with Crippen LogP contribution in [0.25, 0.3) is 0 Å². The molecule has 7 atom stereocenters. The van der Waals surface area contributed by atoms with E-state index in [2.05, 4.69) is 15.6 Å². The van der Waals surface area contributed by atoms with E-state index in [4.69, 9.17) is 4.74 Å². The molecule has 1 saturated heterocycles. The number of ketones is 1. The van der Waals surface area contributed by atoms with Gasteiger partial charge in [0, 0.05) is 38.2 Å². The van der Waals surface area contributed by atoms with Crippen LogP contribution in [-0.2, 0) is 30.3 Å². The maximum absolute atomic E-state index is 14.1. The molecule has 11 nitrogen and oxygen atoms in total. The van der Waals surface area contributed by atoms with Crippen molar-refractivity contribution in [3.63, 3.8) is 0 Å². The van der Waals surface area contributed by atoms with E-state index in [9.17, 15) is 29.1 Å². The van der Waals surface area contributed by atoms with Gasteiger partial charge in [-0.05, 0) is 55.5 Å². The molecule has 2 amide bonds. The normalized spacial score (nSPS) is 18.3. The first-order valence-electron chi connectivity index (χ1n) is 17.9. The lowest BCUT2D eigenvalue weighted by molar-refractivity contribution is -0.149. The highest BCUT2D eigenvalue weighted by Gasteiger charge is 2.36. The van der Waals surface area contributed by atoms with Crippen LogP contribution in [0.3, 0.4) is 0 Å². The van der Waals surface area contributed by atoms with Crippen molar-refractivity contribution in [1.82, 2.24) is 20.5 Å². The number of aromatic nitrogens is 1. The maximum atomic E-state index is 14.1. The van der Waals surface area contributed by atoms with Crippen LogP contribution < -0.4 is 10.6 Å². The number of rotatable bonds is 19. The summed E-state index contributed by atoms with van der Waals surface area (Å²) in [5.41, 5.74) is 1.26. The van der Waals surface area contributed by atoms with Crippen molar-refractivity contribution in [1.29, 1.82) is 0 Å². The summed E-state index contributed by atoms with van der Waals surface area (Å²) < 4.78 is 5.77. The monoisotopic (exact) mass is 712 g/mol. The molecule has 0 radical (unpaired) electrons. The Balaban J connectivity index is 1.80. The Hall–Kier alpha value is -3.64. The van der Waals surface area contributed by atoms with Gasteiger partial charge >= 0.3 is 11.9 Å². The molecular formula is C38H56N4O7S. The van der Waals surface area contributed by atoms with Gasteiger partial charge in [-0.1, -0.05) is 77.8 Å². The van der Waals surface area contributed by atoms with Gasteiger partial charge in [0.1, 0.15) is 16.7 Å². The second-order valence-electron chi connectivity index (χ2n) is 14.2. The molecule has 1 aromatic carbocycles. The molecule has 1 aromatic heterocycles. The number of hydrogen-bond acceptors (Lipinski definition) is 9. The van der Waals surface area contributed by atoms with E-state index in [0.717, 1.165) is 31.4 Å². The summed E-state index contributed by atoms with van der Waals surface area (Å²) in [5, 5.41) is 17.9. The third kappa shape index (κ3) is 12.0. The van der Waals surface area contributed by atoms with E-state index in [-0.39, 0.29) is 66.0 Å². The summed E-state index contributed by atoms with van der Waals surface area (Å²) in [6.07, 6.45) is 3.88. The van der Waals surface area contributed by atoms with Crippen LogP contribution in [0.1, 0.15) is 114 Å². The number of nitrogens with zero attached hydrogens (tertiary/aromatic N) is 2. The summed E-state index contributed by atoms with van der Waals surface area (Å²) in [5.74, 6) is -2.96. The van der Waals surface area contributed by atoms with Gasteiger partial charge in [-0.3, -0.25) is 24.0 Å². The molecule has 2 aromatic rings. The number of thiazole rings is 1. The first-order valence-corrected chi connectivity index (χ1v) is 18.8. The summed E-state index contributed by atoms with van der Waals surface area (Å²) in [4.78, 5) is 71.1. The van der Waals surface area contributed by atoms with Crippen molar-refractivity contribution in [3.8, 4) is 0 Å². The number of amides is 2. The Morgan fingerprint density at radius 1 is 1.08 bits per heavy atom. The fourth-order valence-electron chi connectivity index (χ4n) is 6.61. The number of hydrogen-bond donors (Lipinski definition) is 3. The molecule has 1 aliphatic rings. The molecule has 0 spiro atoms. The van der Waals surface area contributed by atoms with Gasteiger partial charge in [-0.15, -0.1) is 11.3 Å². The molecule has 1 fully saturated rings. The first-order chi connectivity index (χ1) is 23.7. The predicted octanol–water partition coefficient (Wildman–Crippen LogP) is 5.84. The van der Waals surface area contributed by atoms with E-state index >= 15 is 0 Å². The summed E-state index contributed by atoms with van der Waals surface area (Å²) in [6.45, 7) is 11.7. The summed E-state index contributed by atoms with van der Waals surface area (Å²) in [6, 6.07) is 8.27. The van der Waals surface area contributed by atoms with Gasteiger partial charge in [0.15, 0.2) is 11.9 Å². The Bertz CT molecular complexity index is 1430. The van der Waals surface area contributed by atoms with Crippen LogP contribution in [0.15, 0.2) is 35.7 Å². The quantitative estimate of drug-likeness (QED) is 0.120. The van der Waals surface area contributed by atoms with E-state index in [1.165, 1.54) is 18.3 Å². The van der Waals surface area contributed by atoms with E-state index in [1.54, 1.807) is 24.3 Å². The summed E-state index contributed by atoms with van der Waals surface area (Å²) >= 11 is 1.22. The first kappa shape index (κ1) is 40.8. The SMILES string of the molecule is CC[C@H](C)[C@H](NC(=O)[C@H]1CCCCN1)C(=O)N(C)[C@H](C[C@@H](OC(C)=O)c1nc(C(=O)C[C@@H](Cc2ccccc2)C[C@H](C)C(=O)O)cs1)C(C)C. The van der Waals surface area contributed by atoms with Crippen LogP contribution in [0, 0.1) is 23.7 Å². The third-order valence-corrected chi connectivity index (χ3v) is 10.8. The van der Waals surface area contributed by atoms with Crippen molar-refractivity contribution in [2.75, 3.05) is 13.6 Å². The lowest BCUT2D eigenvalue weighted by atomic mass is 9.86. The van der Waals surface area contributed by atoms with Crippen molar-refractivity contribution in [2.45, 2.75) is 117 Å². The highest BCUT2D eigenvalue weighted by atomic mass is 32.1. The molecule has 50 heavy (non-hydrogen) atoms. The minimum Gasteiger partial charge on any atom is -0.481 e. The van der Waals surface area contributed by atoms with Crippen LogP contribution in [0.4, 0.5) is 0 Å². The number of Topliss-reactive ketones (excluding diaryl/α,β-unsaturated/α-hetero) is 1. The van der Waals surface area contributed by atoms with Crippen molar-refractivity contribution >= 4 is 40.9 Å². The van der Waals surface area contributed by atoms with E-state index < -0.39 is 30.0 Å². The number of benzene rings is 1. The molecule has 12 heteroatoms. The van der Waals surface area contributed by atoms with Crippen LogP contribution >= 0.6 is 11.3 Å². The zero-order valence-electron chi connectivity index (χ0n) is 30.6. The zero-order valence-corrected chi connectivity index (χ0v) is 31.5. The average Bonchev–Trinajstić information content (AvgIpc) is 3.59. The number of nitrogens with one attached hydrogen (secondary N) is 2. The zero-order chi connectivity index (χ0) is 37.0. The minimum atomic E-state index is -0.905. The Kier molecular flexibility index (Phi) is 16.0. The van der Waals surface area contributed by atoms with Gasteiger partial charge in [0.25, 0.3) is 0 Å². The highest BCUT2D eigenvalue weighted by molar-refractivity contribution is 7.09. The van der Waals surface area contributed by atoms with Gasteiger partial charge in [0.2, 0.25) is 11.8 Å². The molecule has 2 heterocycles. The standard InChI is InChI=1S/C38H56N4O7S/c1-8-24(4)34(41-35(45)29-16-12-13-17-39-29)37(46)42(7)31(23(2)3)21-33(49-26(6)43)36-40-30(22-50-36)32(44)20-28(18-25(5)38(47)48)19-27-14-10-9-11-15-27/h9-11,14-15,22-25,28-29,31,33-34,39H,8,12-13,16-21H2,1-7H3,(H,41,45)(H,47,48)/t24-,25-,28+,29+,31+,33+,34-/m0/s1. The minimum absolute atomic E-state index is 0.0358. The number of carbonyl (C=O) groups is 5. The molecule has 3 rings (SSSR count). The fraction of sp³-hybridized carbons (Fsp3) is 0.632. The van der Waals surface area contributed by atoms with Crippen LogP contribution in [0.2, 0.25) is 0 Å². The lowest BCUT2D eigenvalue weighted by Gasteiger charge is -2.37. The Labute approximate surface area is 301 Å². The van der Waals surface area contributed by atoms with Crippen molar-refractivity contribution in [3.05, 3.63) is 52.0 Å².